The molecule has 2 aromatic rings. The number of nitrogens with one attached hydrogen (secondary N) is 1. The number of aryl methyl sites for hydroxylation is 1. The highest BCUT2D eigenvalue weighted by Crippen LogP contribution is 2.46. The van der Waals surface area contributed by atoms with Crippen molar-refractivity contribution in [2.45, 2.75) is 49.7 Å². The number of hydrogen-bond acceptors (Lipinski definition) is 5. The van der Waals surface area contributed by atoms with Crippen molar-refractivity contribution >= 4 is 21.7 Å². The molecule has 2 aromatic carbocycles. The van der Waals surface area contributed by atoms with Gasteiger partial charge in [-0.15, -0.1) is 0 Å². The Morgan fingerprint density at radius 3 is 2.46 bits per heavy atom. The van der Waals surface area contributed by atoms with Crippen LogP contribution in [0.2, 0.25) is 0 Å². The van der Waals surface area contributed by atoms with Crippen molar-refractivity contribution in [1.82, 2.24) is 0 Å². The summed E-state index contributed by atoms with van der Waals surface area (Å²) in [6.07, 6.45) is 4.85. The summed E-state index contributed by atoms with van der Waals surface area (Å²) in [6.45, 7) is 1.62. The molecule has 1 aliphatic heterocycles. The Hall–Kier alpha value is -2.74. The van der Waals surface area contributed by atoms with Crippen molar-refractivity contribution in [3.63, 3.8) is 0 Å². The van der Waals surface area contributed by atoms with E-state index < -0.39 is 21.8 Å². The van der Waals surface area contributed by atoms with Gasteiger partial charge in [0.1, 0.15) is 0 Å². The number of carbonyl (C=O) groups is 1. The van der Waals surface area contributed by atoms with Crippen LogP contribution >= 0.6 is 0 Å². The highest BCUT2D eigenvalue weighted by Gasteiger charge is 2.42. The number of rotatable bonds is 4. The van der Waals surface area contributed by atoms with Crippen LogP contribution in [0.25, 0.3) is 0 Å². The average molecular weight is 403 g/mol. The van der Waals surface area contributed by atoms with Crippen LogP contribution in [-0.2, 0) is 10.0 Å². The summed E-state index contributed by atoms with van der Waals surface area (Å²) < 4.78 is 40.2. The van der Waals surface area contributed by atoms with Gasteiger partial charge in [0, 0.05) is 18.9 Å². The van der Waals surface area contributed by atoms with Crippen LogP contribution in [0.15, 0.2) is 41.3 Å². The first-order chi connectivity index (χ1) is 13.3. The molecule has 0 radical (unpaired) electrons. The van der Waals surface area contributed by atoms with Gasteiger partial charge in [0.25, 0.3) is 15.8 Å². The fourth-order valence-electron chi connectivity index (χ4n) is 3.68. The fourth-order valence-corrected chi connectivity index (χ4v) is 5.01. The van der Waals surface area contributed by atoms with Crippen LogP contribution in [0.5, 0.6) is 11.5 Å². The van der Waals surface area contributed by atoms with Crippen molar-refractivity contribution in [2.24, 2.45) is 0 Å². The number of fused-ring (bicyclic) bond motifs is 1. The zero-order chi connectivity index (χ0) is 19.9. The maximum absolute atomic E-state index is 12.8. The monoisotopic (exact) mass is 403 g/mol. The van der Waals surface area contributed by atoms with E-state index in [2.05, 4.69) is 4.72 Å². The average Bonchev–Trinajstić information content (AvgIpc) is 2.98. The molecule has 0 unspecified atom stereocenters. The molecule has 1 fully saturated rings. The van der Waals surface area contributed by atoms with E-state index in [4.69, 9.17) is 14.6 Å². The number of carboxylic acid groups (broad SMARTS) is 1. The number of hydrogen-bond donors (Lipinski definition) is 2. The summed E-state index contributed by atoms with van der Waals surface area (Å²) in [5.41, 5.74) is 0.700. The molecule has 0 bridgehead atoms. The lowest BCUT2D eigenvalue weighted by atomic mass is 9.94. The minimum atomic E-state index is -3.96. The molecule has 148 valence electrons. The summed E-state index contributed by atoms with van der Waals surface area (Å²) in [5, 5.41) is 9.14. The molecule has 0 saturated heterocycles. The van der Waals surface area contributed by atoms with E-state index >= 15 is 0 Å². The van der Waals surface area contributed by atoms with Gasteiger partial charge < -0.3 is 14.6 Å². The third kappa shape index (κ3) is 3.40. The number of ether oxygens (including phenoxy) is 2. The molecular formula is C20H21NO6S. The van der Waals surface area contributed by atoms with Gasteiger partial charge in [0.2, 0.25) is 0 Å². The van der Waals surface area contributed by atoms with Gasteiger partial charge >= 0.3 is 5.97 Å². The molecular weight excluding hydrogens is 382 g/mol. The zero-order valence-electron chi connectivity index (χ0n) is 15.4. The van der Waals surface area contributed by atoms with Gasteiger partial charge in [0.05, 0.1) is 16.1 Å². The molecule has 1 spiro atoms. The lowest BCUT2D eigenvalue weighted by Crippen LogP contribution is -2.40. The summed E-state index contributed by atoms with van der Waals surface area (Å²) in [6, 6.07) is 8.91. The third-order valence-corrected chi connectivity index (χ3v) is 6.65. The Bertz CT molecular complexity index is 1040. The summed E-state index contributed by atoms with van der Waals surface area (Å²) >= 11 is 0. The largest absolute Gasteiger partial charge is 0.478 e. The maximum Gasteiger partial charge on any atom is 0.335 e. The maximum atomic E-state index is 12.8. The van der Waals surface area contributed by atoms with Gasteiger partial charge in [0.15, 0.2) is 11.5 Å². The smallest absolute Gasteiger partial charge is 0.335 e. The lowest BCUT2D eigenvalue weighted by molar-refractivity contribution is -0.105. The molecule has 1 heterocycles. The van der Waals surface area contributed by atoms with Gasteiger partial charge in [-0.25, -0.2) is 13.2 Å². The highest BCUT2D eigenvalue weighted by molar-refractivity contribution is 7.92. The molecule has 8 heteroatoms. The van der Waals surface area contributed by atoms with Gasteiger partial charge in [-0.05, 0) is 49.6 Å². The van der Waals surface area contributed by atoms with Gasteiger partial charge in [-0.1, -0.05) is 12.5 Å². The SMILES string of the molecule is Cc1ccc(C(=O)O)cc1S(=O)(=O)Nc1ccc2c(c1)OC1(CCCCC1)O2. The van der Waals surface area contributed by atoms with Crippen LogP contribution in [0.1, 0.15) is 48.0 Å². The summed E-state index contributed by atoms with van der Waals surface area (Å²) in [5.74, 6) is -0.700. The van der Waals surface area contributed by atoms with E-state index in [0.717, 1.165) is 38.2 Å². The second kappa shape index (κ2) is 6.70. The predicted molar refractivity (Wildman–Crippen MR) is 102 cm³/mol. The molecule has 7 nitrogen and oxygen atoms in total. The number of anilines is 1. The van der Waals surface area contributed by atoms with Crippen LogP contribution in [0.4, 0.5) is 5.69 Å². The topological polar surface area (TPSA) is 102 Å². The zero-order valence-corrected chi connectivity index (χ0v) is 16.2. The molecule has 0 amide bonds. The first kappa shape index (κ1) is 18.6. The molecule has 2 N–H and O–H groups in total. The van der Waals surface area contributed by atoms with Gasteiger partial charge in [-0.3, -0.25) is 4.72 Å². The van der Waals surface area contributed by atoms with Crippen molar-refractivity contribution in [1.29, 1.82) is 0 Å². The van der Waals surface area contributed by atoms with Crippen LogP contribution in [0, 0.1) is 6.92 Å². The predicted octanol–water partition coefficient (Wildman–Crippen LogP) is 3.93. The summed E-state index contributed by atoms with van der Waals surface area (Å²) in [7, 11) is -3.96. The standard InChI is InChI=1S/C20H21NO6S/c1-13-5-6-14(19(22)23)11-18(13)28(24,25)21-15-7-8-16-17(12-15)27-20(26-16)9-3-2-4-10-20/h5-8,11-12,21H,2-4,9-10H2,1H3,(H,22,23). The Kier molecular flexibility index (Phi) is 4.45. The molecule has 0 aromatic heterocycles. The fraction of sp³-hybridized carbons (Fsp3) is 0.350. The van der Waals surface area contributed by atoms with Crippen LogP contribution < -0.4 is 14.2 Å². The molecule has 1 saturated carbocycles. The van der Waals surface area contributed by atoms with E-state index in [0.29, 0.717) is 22.7 Å². The van der Waals surface area contributed by atoms with Crippen molar-refractivity contribution in [2.75, 3.05) is 4.72 Å². The Morgan fingerprint density at radius 1 is 1.04 bits per heavy atom. The van der Waals surface area contributed by atoms with E-state index in [1.165, 1.54) is 12.1 Å². The molecule has 2 aliphatic rings. The first-order valence-corrected chi connectivity index (χ1v) is 10.7. The number of benzene rings is 2. The van der Waals surface area contributed by atoms with E-state index in [1.54, 1.807) is 25.1 Å². The molecule has 28 heavy (non-hydrogen) atoms. The highest BCUT2D eigenvalue weighted by atomic mass is 32.2. The Balaban J connectivity index is 1.60. The molecule has 1 aliphatic carbocycles. The van der Waals surface area contributed by atoms with E-state index in [-0.39, 0.29) is 10.5 Å². The summed E-state index contributed by atoms with van der Waals surface area (Å²) in [4.78, 5) is 11.1. The Morgan fingerprint density at radius 2 is 1.75 bits per heavy atom. The quantitative estimate of drug-likeness (QED) is 0.802. The van der Waals surface area contributed by atoms with E-state index in [9.17, 15) is 13.2 Å². The number of aromatic carboxylic acids is 1. The third-order valence-electron chi connectivity index (χ3n) is 5.13. The first-order valence-electron chi connectivity index (χ1n) is 9.17. The number of sulfonamides is 1. The van der Waals surface area contributed by atoms with Crippen LogP contribution in [-0.4, -0.2) is 25.3 Å². The molecule has 4 rings (SSSR count). The Labute approximate surface area is 163 Å². The number of carboxylic acids is 1. The van der Waals surface area contributed by atoms with Gasteiger partial charge in [-0.2, -0.15) is 0 Å². The van der Waals surface area contributed by atoms with Crippen molar-refractivity contribution in [3.05, 3.63) is 47.5 Å². The van der Waals surface area contributed by atoms with Crippen molar-refractivity contribution < 1.29 is 27.8 Å². The minimum absolute atomic E-state index is 0.0752. The lowest BCUT2D eigenvalue weighted by Gasteiger charge is -2.31. The van der Waals surface area contributed by atoms with Crippen LogP contribution in [0.3, 0.4) is 0 Å². The minimum Gasteiger partial charge on any atom is -0.478 e. The molecule has 0 atom stereocenters. The van der Waals surface area contributed by atoms with E-state index in [1.807, 2.05) is 0 Å². The second-order valence-corrected chi connectivity index (χ2v) is 8.88. The normalized spacial score (nSPS) is 17.5. The second-order valence-electron chi connectivity index (χ2n) is 7.23. The van der Waals surface area contributed by atoms with Crippen molar-refractivity contribution in [3.8, 4) is 11.5 Å².